The third kappa shape index (κ3) is 4.47. The highest BCUT2D eigenvalue weighted by molar-refractivity contribution is 7.80. The summed E-state index contributed by atoms with van der Waals surface area (Å²) in [6.07, 6.45) is 2.18. The zero-order valence-electron chi connectivity index (χ0n) is 9.93. The lowest BCUT2D eigenvalue weighted by molar-refractivity contribution is 0.0778. The predicted molar refractivity (Wildman–Crippen MR) is 79.0 cm³/mol. The minimum atomic E-state index is -0.0807. The van der Waals surface area contributed by atoms with E-state index in [1.165, 1.54) is 0 Å². The summed E-state index contributed by atoms with van der Waals surface area (Å²) in [5, 5.41) is 0.602. The number of rotatable bonds is 6. The molecule has 0 heterocycles. The molecule has 0 aromatic heterocycles. The van der Waals surface area contributed by atoms with Gasteiger partial charge in [0.1, 0.15) is 0 Å². The first-order valence-electron chi connectivity index (χ1n) is 5.48. The fourth-order valence-corrected chi connectivity index (χ4v) is 1.67. The largest absolute Gasteiger partial charge is 0.393 e. The smallest absolute Gasteiger partial charge is 0.254 e. The molecule has 0 bridgehead atoms. The van der Waals surface area contributed by atoms with Crippen LogP contribution in [0.15, 0.2) is 36.9 Å². The lowest BCUT2D eigenvalue weighted by atomic mass is 10.2. The Morgan fingerprint density at radius 3 is 2.56 bits per heavy atom. The van der Waals surface area contributed by atoms with Gasteiger partial charge in [0.25, 0.3) is 5.91 Å². The average molecular weight is 283 g/mol. The van der Waals surface area contributed by atoms with Gasteiger partial charge >= 0.3 is 0 Å². The van der Waals surface area contributed by atoms with Crippen molar-refractivity contribution in [1.82, 2.24) is 4.90 Å². The lowest BCUT2D eigenvalue weighted by Crippen LogP contribution is -2.33. The second kappa shape index (κ2) is 7.13. The molecule has 1 aromatic carbocycles. The van der Waals surface area contributed by atoms with E-state index in [-0.39, 0.29) is 5.91 Å². The predicted octanol–water partition coefficient (Wildman–Crippen LogP) is 2.64. The van der Waals surface area contributed by atoms with Crippen LogP contribution in [0.3, 0.4) is 0 Å². The van der Waals surface area contributed by atoms with Crippen molar-refractivity contribution in [3.8, 4) is 0 Å². The highest BCUT2D eigenvalue weighted by Gasteiger charge is 2.14. The van der Waals surface area contributed by atoms with E-state index in [1.807, 2.05) is 0 Å². The van der Waals surface area contributed by atoms with Crippen LogP contribution >= 0.6 is 23.8 Å². The molecular formula is C13H15ClN2OS. The van der Waals surface area contributed by atoms with Gasteiger partial charge < -0.3 is 10.6 Å². The summed E-state index contributed by atoms with van der Waals surface area (Å²) in [7, 11) is 0. The minimum absolute atomic E-state index is 0.0807. The van der Waals surface area contributed by atoms with Crippen molar-refractivity contribution >= 4 is 34.7 Å². The van der Waals surface area contributed by atoms with Crippen LogP contribution in [0.2, 0.25) is 5.02 Å². The van der Waals surface area contributed by atoms with Crippen LogP contribution in [-0.4, -0.2) is 28.9 Å². The third-order valence-electron chi connectivity index (χ3n) is 2.36. The Balaban J connectivity index is 2.78. The molecule has 0 radical (unpaired) electrons. The summed E-state index contributed by atoms with van der Waals surface area (Å²) in [6.45, 7) is 4.59. The molecule has 0 aliphatic heterocycles. The molecular weight excluding hydrogens is 268 g/mol. The molecule has 1 aromatic rings. The lowest BCUT2D eigenvalue weighted by Gasteiger charge is -2.20. The number of benzene rings is 1. The van der Waals surface area contributed by atoms with E-state index in [0.717, 1.165) is 0 Å². The molecule has 3 nitrogen and oxygen atoms in total. The summed E-state index contributed by atoms with van der Waals surface area (Å²) in [5.74, 6) is -0.0807. The SMILES string of the molecule is C=CCN(CCC(N)=S)C(=O)c1ccc(Cl)cc1. The van der Waals surface area contributed by atoms with E-state index in [2.05, 4.69) is 6.58 Å². The summed E-state index contributed by atoms with van der Waals surface area (Å²) in [6, 6.07) is 6.77. The first-order valence-corrected chi connectivity index (χ1v) is 6.27. The molecule has 2 N–H and O–H groups in total. The molecule has 96 valence electrons. The molecule has 0 aliphatic carbocycles. The number of amides is 1. The Bertz CT molecular complexity index is 445. The van der Waals surface area contributed by atoms with E-state index in [0.29, 0.717) is 35.1 Å². The standard InChI is InChI=1S/C13H15ClN2OS/c1-2-8-16(9-7-12(15)18)13(17)10-3-5-11(14)6-4-10/h2-6H,1,7-9H2,(H2,15,18). The minimum Gasteiger partial charge on any atom is -0.393 e. The molecule has 0 spiro atoms. The Kier molecular flexibility index (Phi) is 5.82. The number of nitrogens with zero attached hydrogens (tertiary/aromatic N) is 1. The average Bonchev–Trinajstić information content (AvgIpc) is 2.34. The van der Waals surface area contributed by atoms with Crippen LogP contribution in [0.1, 0.15) is 16.8 Å². The van der Waals surface area contributed by atoms with Gasteiger partial charge in [0, 0.05) is 30.1 Å². The maximum Gasteiger partial charge on any atom is 0.254 e. The highest BCUT2D eigenvalue weighted by Crippen LogP contribution is 2.12. The van der Waals surface area contributed by atoms with Crippen LogP contribution in [0.25, 0.3) is 0 Å². The maximum absolute atomic E-state index is 12.2. The first kappa shape index (κ1) is 14.7. The van der Waals surface area contributed by atoms with Gasteiger partial charge in [-0.1, -0.05) is 29.9 Å². The van der Waals surface area contributed by atoms with E-state index in [9.17, 15) is 4.79 Å². The molecule has 5 heteroatoms. The number of thiocarbonyl (C=S) groups is 1. The number of carbonyl (C=O) groups excluding carboxylic acids is 1. The molecule has 1 rings (SSSR count). The molecule has 0 unspecified atom stereocenters. The zero-order chi connectivity index (χ0) is 13.5. The molecule has 1 amide bonds. The van der Waals surface area contributed by atoms with Crippen molar-refractivity contribution in [3.63, 3.8) is 0 Å². The Morgan fingerprint density at radius 1 is 1.44 bits per heavy atom. The maximum atomic E-state index is 12.2. The van der Waals surface area contributed by atoms with Gasteiger partial charge in [-0.3, -0.25) is 4.79 Å². The van der Waals surface area contributed by atoms with E-state index in [4.69, 9.17) is 29.6 Å². The van der Waals surface area contributed by atoms with Gasteiger partial charge in [-0.05, 0) is 24.3 Å². The van der Waals surface area contributed by atoms with Gasteiger partial charge in [-0.2, -0.15) is 0 Å². The normalized spacial score (nSPS) is 9.83. The van der Waals surface area contributed by atoms with Gasteiger partial charge in [-0.25, -0.2) is 0 Å². The summed E-state index contributed by atoms with van der Waals surface area (Å²) in [5.41, 5.74) is 6.03. The summed E-state index contributed by atoms with van der Waals surface area (Å²) >= 11 is 10.6. The monoisotopic (exact) mass is 282 g/mol. The summed E-state index contributed by atoms with van der Waals surface area (Å²) < 4.78 is 0. The number of hydrogen-bond acceptors (Lipinski definition) is 2. The Labute approximate surface area is 117 Å². The van der Waals surface area contributed by atoms with Crippen molar-refractivity contribution in [2.24, 2.45) is 5.73 Å². The Hall–Kier alpha value is -1.39. The van der Waals surface area contributed by atoms with Crippen molar-refractivity contribution in [2.45, 2.75) is 6.42 Å². The van der Waals surface area contributed by atoms with E-state index < -0.39 is 0 Å². The third-order valence-corrected chi connectivity index (χ3v) is 2.81. The molecule has 0 fully saturated rings. The van der Waals surface area contributed by atoms with E-state index >= 15 is 0 Å². The number of hydrogen-bond donors (Lipinski definition) is 1. The van der Waals surface area contributed by atoms with Gasteiger partial charge in [-0.15, -0.1) is 6.58 Å². The van der Waals surface area contributed by atoms with Crippen molar-refractivity contribution in [1.29, 1.82) is 0 Å². The van der Waals surface area contributed by atoms with E-state index in [1.54, 1.807) is 35.2 Å². The second-order valence-corrected chi connectivity index (χ2v) is 4.72. The topological polar surface area (TPSA) is 46.3 Å². The number of carbonyl (C=O) groups is 1. The van der Waals surface area contributed by atoms with Crippen LogP contribution in [0.4, 0.5) is 0 Å². The van der Waals surface area contributed by atoms with Crippen LogP contribution in [-0.2, 0) is 0 Å². The molecule has 0 aliphatic rings. The molecule has 18 heavy (non-hydrogen) atoms. The Morgan fingerprint density at radius 2 is 2.06 bits per heavy atom. The van der Waals surface area contributed by atoms with Gasteiger partial charge in [0.05, 0.1) is 4.99 Å². The van der Waals surface area contributed by atoms with Crippen molar-refractivity contribution in [2.75, 3.05) is 13.1 Å². The van der Waals surface area contributed by atoms with Crippen LogP contribution in [0.5, 0.6) is 0 Å². The first-order chi connectivity index (χ1) is 8.54. The fourth-order valence-electron chi connectivity index (χ4n) is 1.45. The second-order valence-electron chi connectivity index (χ2n) is 3.76. The van der Waals surface area contributed by atoms with Gasteiger partial charge in [0.2, 0.25) is 0 Å². The van der Waals surface area contributed by atoms with Crippen molar-refractivity contribution in [3.05, 3.63) is 47.5 Å². The zero-order valence-corrected chi connectivity index (χ0v) is 11.5. The highest BCUT2D eigenvalue weighted by atomic mass is 35.5. The van der Waals surface area contributed by atoms with Crippen LogP contribution in [0, 0.1) is 0 Å². The quantitative estimate of drug-likeness (QED) is 0.644. The fraction of sp³-hybridized carbons (Fsp3) is 0.231. The van der Waals surface area contributed by atoms with Gasteiger partial charge in [0.15, 0.2) is 0 Å². The number of nitrogens with two attached hydrogens (primary N) is 1. The number of halogens is 1. The summed E-state index contributed by atoms with van der Waals surface area (Å²) in [4.78, 5) is 14.3. The van der Waals surface area contributed by atoms with Crippen molar-refractivity contribution < 1.29 is 4.79 Å². The van der Waals surface area contributed by atoms with Crippen LogP contribution < -0.4 is 5.73 Å². The molecule has 0 saturated heterocycles. The molecule has 0 saturated carbocycles. The molecule has 0 atom stereocenters.